The van der Waals surface area contributed by atoms with E-state index >= 15 is 0 Å². The van der Waals surface area contributed by atoms with Crippen LogP contribution in [0.4, 0.5) is 4.39 Å². The molecule has 0 fully saturated rings. The minimum atomic E-state index is -3.85. The number of hydrogen-bond donors (Lipinski definition) is 1. The van der Waals surface area contributed by atoms with Crippen molar-refractivity contribution in [2.75, 3.05) is 0 Å². The number of aromatic nitrogens is 1. The van der Waals surface area contributed by atoms with Crippen molar-refractivity contribution in [3.05, 3.63) is 89.5 Å². The van der Waals surface area contributed by atoms with Gasteiger partial charge in [-0.1, -0.05) is 18.2 Å². The molecule has 1 aliphatic heterocycles. The van der Waals surface area contributed by atoms with Gasteiger partial charge >= 0.3 is 0 Å². The van der Waals surface area contributed by atoms with E-state index in [2.05, 4.69) is 4.98 Å². The second kappa shape index (κ2) is 7.23. The monoisotopic (exact) mass is 410 g/mol. The number of carbonyl (C=O) groups excluding carboxylic acids is 1. The Bertz CT molecular complexity index is 1220. The molecule has 1 aliphatic rings. The molecule has 4 rings (SSSR count). The number of nitrogens with two attached hydrogens (primary N) is 1. The van der Waals surface area contributed by atoms with Crippen LogP contribution in [-0.2, 0) is 14.8 Å². The Balaban J connectivity index is 1.94. The number of pyridine rings is 1. The van der Waals surface area contributed by atoms with Gasteiger partial charge in [0.2, 0.25) is 16.0 Å². The number of carbonyl (C=O) groups is 1. The van der Waals surface area contributed by atoms with Gasteiger partial charge in [-0.3, -0.25) is 0 Å². The molecule has 6 nitrogen and oxygen atoms in total. The average molecular weight is 410 g/mol. The second-order valence-electron chi connectivity index (χ2n) is 6.44. The van der Waals surface area contributed by atoms with Crippen LogP contribution in [0.25, 0.3) is 11.3 Å². The van der Waals surface area contributed by atoms with Crippen LogP contribution in [-0.4, -0.2) is 19.7 Å². The lowest BCUT2D eigenvalue weighted by molar-refractivity contribution is -0.108. The number of sulfonamides is 1. The van der Waals surface area contributed by atoms with Crippen molar-refractivity contribution in [2.45, 2.75) is 10.8 Å². The molecule has 1 unspecified atom stereocenters. The molecule has 1 atom stereocenters. The summed E-state index contributed by atoms with van der Waals surface area (Å²) < 4.78 is 42.5. The molecule has 0 bridgehead atoms. The van der Waals surface area contributed by atoms with Gasteiger partial charge in [0.1, 0.15) is 17.8 Å². The van der Waals surface area contributed by atoms with E-state index in [1.807, 2.05) is 0 Å². The summed E-state index contributed by atoms with van der Waals surface area (Å²) in [5, 5.41) is 5.16. The molecular formula is C21H15FN2O4S. The number of allylic oxidation sites excluding steroid dienone is 1. The molecule has 0 saturated carbocycles. The predicted octanol–water partition coefficient (Wildman–Crippen LogP) is 3.11. The Hall–Kier alpha value is -3.36. The number of benzene rings is 2. The number of halogens is 1. The highest BCUT2D eigenvalue weighted by molar-refractivity contribution is 7.89. The largest absolute Gasteiger partial charge is 0.456 e. The maximum atomic E-state index is 13.4. The number of fused-ring (bicyclic) bond motifs is 1. The summed E-state index contributed by atoms with van der Waals surface area (Å²) in [6.07, 6.45) is 2.12. The number of rotatable bonds is 4. The SMILES string of the molecule is NS(=O)(=O)c1ccc(C2=C(c3ccc(F)nc3)C(C=O)c3ccccc3O2)cc1. The van der Waals surface area contributed by atoms with Crippen LogP contribution in [0.5, 0.6) is 5.75 Å². The zero-order valence-corrected chi connectivity index (χ0v) is 15.8. The van der Waals surface area contributed by atoms with Crippen LogP contribution in [0.2, 0.25) is 0 Å². The molecule has 29 heavy (non-hydrogen) atoms. The molecule has 1 aromatic heterocycles. The van der Waals surface area contributed by atoms with E-state index in [0.717, 1.165) is 6.29 Å². The van der Waals surface area contributed by atoms with Gasteiger partial charge < -0.3 is 9.53 Å². The van der Waals surface area contributed by atoms with Gasteiger partial charge in [-0.25, -0.2) is 18.5 Å². The first-order valence-corrected chi connectivity index (χ1v) is 10.1. The Morgan fingerprint density at radius 1 is 1.00 bits per heavy atom. The highest BCUT2D eigenvalue weighted by Gasteiger charge is 2.31. The van der Waals surface area contributed by atoms with Crippen LogP contribution in [0, 0.1) is 5.95 Å². The molecular weight excluding hydrogens is 395 g/mol. The number of hydrogen-bond acceptors (Lipinski definition) is 5. The Kier molecular flexibility index (Phi) is 4.73. The highest BCUT2D eigenvalue weighted by atomic mass is 32.2. The first kappa shape index (κ1) is 19.0. The molecule has 0 amide bonds. The van der Waals surface area contributed by atoms with Crippen molar-refractivity contribution in [3.63, 3.8) is 0 Å². The Morgan fingerprint density at radius 3 is 2.31 bits per heavy atom. The second-order valence-corrected chi connectivity index (χ2v) is 8.00. The molecule has 2 heterocycles. The van der Waals surface area contributed by atoms with Crippen LogP contribution >= 0.6 is 0 Å². The van der Waals surface area contributed by atoms with E-state index in [4.69, 9.17) is 9.88 Å². The Morgan fingerprint density at radius 2 is 1.69 bits per heavy atom. The summed E-state index contributed by atoms with van der Waals surface area (Å²) in [4.78, 5) is 15.7. The van der Waals surface area contributed by atoms with E-state index in [1.54, 1.807) is 36.4 Å². The molecule has 0 spiro atoms. The first-order valence-electron chi connectivity index (χ1n) is 8.60. The van der Waals surface area contributed by atoms with E-state index in [0.29, 0.717) is 33.8 Å². The van der Waals surface area contributed by atoms with Crippen molar-refractivity contribution in [3.8, 4) is 5.75 Å². The molecule has 0 aliphatic carbocycles. The zero-order chi connectivity index (χ0) is 20.6. The fourth-order valence-corrected chi connectivity index (χ4v) is 3.81. The topological polar surface area (TPSA) is 99.4 Å². The van der Waals surface area contributed by atoms with Crippen LogP contribution in [0.3, 0.4) is 0 Å². The fourth-order valence-electron chi connectivity index (χ4n) is 3.29. The standard InChI is InChI=1S/C21H15FN2O4S/c22-19-10-7-14(11-24-19)20-17(12-25)16-3-1-2-4-18(16)28-21(20)13-5-8-15(9-6-13)29(23,26)27/h1-12,17H,(H2,23,26,27). The number of primary sulfonamides is 1. The minimum Gasteiger partial charge on any atom is -0.456 e. The van der Waals surface area contributed by atoms with Gasteiger partial charge in [0.05, 0.1) is 10.8 Å². The normalized spacial score (nSPS) is 16.1. The zero-order valence-electron chi connectivity index (χ0n) is 14.9. The van der Waals surface area contributed by atoms with E-state index in [9.17, 15) is 17.6 Å². The lowest BCUT2D eigenvalue weighted by Gasteiger charge is -2.28. The molecule has 0 saturated heterocycles. The third-order valence-corrected chi connectivity index (χ3v) is 5.57. The maximum absolute atomic E-state index is 13.4. The molecule has 2 N–H and O–H groups in total. The molecule has 8 heteroatoms. The van der Waals surface area contributed by atoms with Crippen LogP contribution in [0.15, 0.2) is 71.8 Å². The lowest BCUT2D eigenvalue weighted by atomic mass is 9.84. The number of ether oxygens (including phenoxy) is 1. The average Bonchev–Trinajstić information content (AvgIpc) is 2.72. The van der Waals surface area contributed by atoms with Gasteiger partial charge in [-0.05, 0) is 42.5 Å². The predicted molar refractivity (Wildman–Crippen MR) is 105 cm³/mol. The highest BCUT2D eigenvalue weighted by Crippen LogP contribution is 2.45. The van der Waals surface area contributed by atoms with Crippen molar-refractivity contribution in [1.82, 2.24) is 4.98 Å². The van der Waals surface area contributed by atoms with Crippen molar-refractivity contribution in [1.29, 1.82) is 0 Å². The van der Waals surface area contributed by atoms with Crippen molar-refractivity contribution < 1.29 is 22.3 Å². The van der Waals surface area contributed by atoms with E-state index in [1.165, 1.54) is 30.5 Å². The van der Waals surface area contributed by atoms with Crippen molar-refractivity contribution >= 4 is 27.6 Å². The van der Waals surface area contributed by atoms with E-state index in [-0.39, 0.29) is 4.90 Å². The number of para-hydroxylation sites is 1. The summed E-state index contributed by atoms with van der Waals surface area (Å²) in [5.41, 5.74) is 2.24. The maximum Gasteiger partial charge on any atom is 0.238 e. The van der Waals surface area contributed by atoms with Gasteiger partial charge in [0.15, 0.2) is 0 Å². The molecule has 2 aromatic carbocycles. The smallest absolute Gasteiger partial charge is 0.238 e. The summed E-state index contributed by atoms with van der Waals surface area (Å²) in [6.45, 7) is 0. The lowest BCUT2D eigenvalue weighted by Crippen LogP contribution is -2.16. The summed E-state index contributed by atoms with van der Waals surface area (Å²) in [6, 6.07) is 15.6. The third-order valence-electron chi connectivity index (χ3n) is 4.64. The molecule has 0 radical (unpaired) electrons. The third kappa shape index (κ3) is 3.55. The van der Waals surface area contributed by atoms with Crippen molar-refractivity contribution in [2.24, 2.45) is 5.14 Å². The summed E-state index contributed by atoms with van der Waals surface area (Å²) in [5.74, 6) is -0.447. The molecule has 3 aromatic rings. The fraction of sp³-hybridized carbons (Fsp3) is 0.0476. The minimum absolute atomic E-state index is 0.0463. The van der Waals surface area contributed by atoms with Gasteiger partial charge in [-0.15, -0.1) is 0 Å². The van der Waals surface area contributed by atoms with Crippen LogP contribution in [0.1, 0.15) is 22.6 Å². The first-order chi connectivity index (χ1) is 13.9. The summed E-state index contributed by atoms with van der Waals surface area (Å²) >= 11 is 0. The quantitative estimate of drug-likeness (QED) is 0.526. The Labute approximate surface area is 166 Å². The van der Waals surface area contributed by atoms with Gasteiger partial charge in [-0.2, -0.15) is 4.39 Å². The van der Waals surface area contributed by atoms with Crippen LogP contribution < -0.4 is 9.88 Å². The molecule has 146 valence electrons. The van der Waals surface area contributed by atoms with Gasteiger partial charge in [0, 0.05) is 28.5 Å². The number of aldehydes is 1. The van der Waals surface area contributed by atoms with Gasteiger partial charge in [0.25, 0.3) is 0 Å². The summed E-state index contributed by atoms with van der Waals surface area (Å²) in [7, 11) is -3.85. The number of nitrogens with zero attached hydrogens (tertiary/aromatic N) is 1. The van der Waals surface area contributed by atoms with E-state index < -0.39 is 21.9 Å².